The van der Waals surface area contributed by atoms with Crippen molar-refractivity contribution in [2.45, 2.75) is 25.8 Å². The predicted molar refractivity (Wildman–Crippen MR) is 71.8 cm³/mol. The first-order valence-electron chi connectivity index (χ1n) is 6.03. The highest BCUT2D eigenvalue weighted by atomic mass is 32.1. The van der Waals surface area contributed by atoms with E-state index in [1.807, 2.05) is 0 Å². The number of anilines is 1. The number of benzene rings is 1. The van der Waals surface area contributed by atoms with Gasteiger partial charge >= 0.3 is 0 Å². The van der Waals surface area contributed by atoms with E-state index in [-0.39, 0.29) is 0 Å². The highest BCUT2D eigenvalue weighted by Gasteiger charge is 2.15. The molecule has 0 radical (unpaired) electrons. The van der Waals surface area contributed by atoms with Crippen molar-refractivity contribution in [3.8, 4) is 0 Å². The maximum atomic E-state index is 5.36. The van der Waals surface area contributed by atoms with Crippen LogP contribution in [-0.2, 0) is 4.74 Å². The molecule has 0 saturated carbocycles. The number of hydrogen-bond donors (Lipinski definition) is 1. The van der Waals surface area contributed by atoms with E-state index in [0.717, 1.165) is 36.7 Å². The Labute approximate surface area is 105 Å². The fraction of sp³-hybridized carbons (Fsp3) is 0.462. The molecule has 3 nitrogen and oxygen atoms in total. The highest BCUT2D eigenvalue weighted by Crippen LogP contribution is 2.29. The minimum Gasteiger partial charge on any atom is -0.381 e. The quantitative estimate of drug-likeness (QED) is 0.886. The SMILES string of the molecule is Cc1cccc2sc(NC3CCOCC3)nc12. The number of nitrogens with one attached hydrogen (secondary N) is 1. The first kappa shape index (κ1) is 11.0. The molecule has 0 bridgehead atoms. The molecule has 1 N–H and O–H groups in total. The van der Waals surface area contributed by atoms with Crippen LogP contribution in [0.3, 0.4) is 0 Å². The number of para-hydroxylation sites is 1. The second kappa shape index (κ2) is 4.63. The van der Waals surface area contributed by atoms with Crippen molar-refractivity contribution in [3.05, 3.63) is 23.8 Å². The fourth-order valence-corrected chi connectivity index (χ4v) is 3.19. The second-order valence-electron chi connectivity index (χ2n) is 4.47. The van der Waals surface area contributed by atoms with Crippen molar-refractivity contribution in [1.29, 1.82) is 0 Å². The molecular formula is C13H16N2OS. The minimum atomic E-state index is 0.518. The van der Waals surface area contributed by atoms with Gasteiger partial charge in [-0.2, -0.15) is 0 Å². The summed E-state index contributed by atoms with van der Waals surface area (Å²) in [6, 6.07) is 6.85. The largest absolute Gasteiger partial charge is 0.381 e. The molecule has 4 heteroatoms. The Balaban J connectivity index is 1.83. The molecule has 1 aromatic heterocycles. The average Bonchev–Trinajstić information content (AvgIpc) is 2.74. The summed E-state index contributed by atoms with van der Waals surface area (Å²) in [6.07, 6.45) is 2.16. The van der Waals surface area contributed by atoms with Gasteiger partial charge in [-0.3, -0.25) is 0 Å². The van der Waals surface area contributed by atoms with Gasteiger partial charge in [0, 0.05) is 19.3 Å². The number of aromatic nitrogens is 1. The van der Waals surface area contributed by atoms with Crippen LogP contribution < -0.4 is 5.32 Å². The number of hydrogen-bond acceptors (Lipinski definition) is 4. The maximum absolute atomic E-state index is 5.36. The molecule has 1 fully saturated rings. The zero-order chi connectivity index (χ0) is 11.7. The third-order valence-corrected chi connectivity index (χ3v) is 4.12. The molecule has 17 heavy (non-hydrogen) atoms. The van der Waals surface area contributed by atoms with E-state index in [2.05, 4.69) is 35.4 Å². The number of fused-ring (bicyclic) bond motifs is 1. The van der Waals surface area contributed by atoms with E-state index in [0.29, 0.717) is 6.04 Å². The van der Waals surface area contributed by atoms with Crippen LogP contribution in [0.15, 0.2) is 18.2 Å². The number of ether oxygens (including phenoxy) is 1. The van der Waals surface area contributed by atoms with Gasteiger partial charge in [-0.05, 0) is 31.4 Å². The molecule has 1 aliphatic heterocycles. The van der Waals surface area contributed by atoms with Crippen LogP contribution >= 0.6 is 11.3 Å². The topological polar surface area (TPSA) is 34.1 Å². The smallest absolute Gasteiger partial charge is 0.184 e. The van der Waals surface area contributed by atoms with Crippen LogP contribution in [-0.4, -0.2) is 24.2 Å². The van der Waals surface area contributed by atoms with Crippen LogP contribution in [0, 0.1) is 6.92 Å². The van der Waals surface area contributed by atoms with E-state index < -0.39 is 0 Å². The summed E-state index contributed by atoms with van der Waals surface area (Å²) >= 11 is 1.74. The monoisotopic (exact) mass is 248 g/mol. The lowest BCUT2D eigenvalue weighted by molar-refractivity contribution is 0.0904. The number of rotatable bonds is 2. The van der Waals surface area contributed by atoms with Crippen molar-refractivity contribution in [1.82, 2.24) is 4.98 Å². The fourth-order valence-electron chi connectivity index (χ4n) is 2.16. The summed E-state index contributed by atoms with van der Waals surface area (Å²) < 4.78 is 6.62. The molecule has 1 aliphatic rings. The van der Waals surface area contributed by atoms with Gasteiger partial charge in [0.15, 0.2) is 5.13 Å². The molecule has 1 aromatic carbocycles. The van der Waals surface area contributed by atoms with E-state index in [9.17, 15) is 0 Å². The first-order chi connectivity index (χ1) is 8.33. The zero-order valence-electron chi connectivity index (χ0n) is 9.90. The van der Waals surface area contributed by atoms with Crippen LogP contribution in [0.25, 0.3) is 10.2 Å². The van der Waals surface area contributed by atoms with Crippen molar-refractivity contribution in [3.63, 3.8) is 0 Å². The Kier molecular flexibility index (Phi) is 2.99. The second-order valence-corrected chi connectivity index (χ2v) is 5.50. The molecular weight excluding hydrogens is 232 g/mol. The molecule has 2 aromatic rings. The molecule has 0 unspecified atom stereocenters. The van der Waals surface area contributed by atoms with Crippen molar-refractivity contribution >= 4 is 26.7 Å². The average molecular weight is 248 g/mol. The number of nitrogens with zero attached hydrogens (tertiary/aromatic N) is 1. The zero-order valence-corrected chi connectivity index (χ0v) is 10.7. The molecule has 0 aliphatic carbocycles. The van der Waals surface area contributed by atoms with Crippen LogP contribution in [0.5, 0.6) is 0 Å². The molecule has 90 valence electrons. The Bertz CT molecular complexity index is 517. The van der Waals surface area contributed by atoms with E-state index in [1.165, 1.54) is 10.3 Å². The summed E-state index contributed by atoms with van der Waals surface area (Å²) in [5.41, 5.74) is 2.38. The Morgan fingerprint density at radius 3 is 2.94 bits per heavy atom. The first-order valence-corrected chi connectivity index (χ1v) is 6.85. The maximum Gasteiger partial charge on any atom is 0.184 e. The van der Waals surface area contributed by atoms with Crippen molar-refractivity contribution < 1.29 is 4.74 Å². The van der Waals surface area contributed by atoms with Crippen LogP contribution in [0.4, 0.5) is 5.13 Å². The lowest BCUT2D eigenvalue weighted by Gasteiger charge is -2.22. The molecule has 2 heterocycles. The lowest BCUT2D eigenvalue weighted by Crippen LogP contribution is -2.27. The van der Waals surface area contributed by atoms with Gasteiger partial charge in [-0.1, -0.05) is 23.5 Å². The van der Waals surface area contributed by atoms with Crippen LogP contribution in [0.1, 0.15) is 18.4 Å². The normalized spacial score (nSPS) is 17.5. The van der Waals surface area contributed by atoms with Gasteiger partial charge in [-0.25, -0.2) is 4.98 Å². The van der Waals surface area contributed by atoms with Crippen LogP contribution in [0.2, 0.25) is 0 Å². The predicted octanol–water partition coefficient (Wildman–Crippen LogP) is 3.20. The molecule has 3 rings (SSSR count). The Morgan fingerprint density at radius 2 is 2.18 bits per heavy atom. The van der Waals surface area contributed by atoms with E-state index in [4.69, 9.17) is 4.74 Å². The lowest BCUT2D eigenvalue weighted by atomic mass is 10.1. The van der Waals surface area contributed by atoms with Crippen molar-refractivity contribution in [2.24, 2.45) is 0 Å². The van der Waals surface area contributed by atoms with E-state index in [1.54, 1.807) is 11.3 Å². The summed E-state index contributed by atoms with van der Waals surface area (Å²) in [4.78, 5) is 4.67. The van der Waals surface area contributed by atoms with Gasteiger partial charge in [0.1, 0.15) is 0 Å². The molecule has 0 amide bonds. The van der Waals surface area contributed by atoms with Gasteiger partial charge in [-0.15, -0.1) is 0 Å². The summed E-state index contributed by atoms with van der Waals surface area (Å²) in [5.74, 6) is 0. The third-order valence-electron chi connectivity index (χ3n) is 3.17. The van der Waals surface area contributed by atoms with Crippen molar-refractivity contribution in [2.75, 3.05) is 18.5 Å². The minimum absolute atomic E-state index is 0.518. The summed E-state index contributed by atoms with van der Waals surface area (Å²) in [7, 11) is 0. The Morgan fingerprint density at radius 1 is 1.35 bits per heavy atom. The number of aryl methyl sites for hydroxylation is 1. The summed E-state index contributed by atoms with van der Waals surface area (Å²) in [5, 5.41) is 4.57. The van der Waals surface area contributed by atoms with Gasteiger partial charge in [0.2, 0.25) is 0 Å². The molecule has 1 saturated heterocycles. The van der Waals surface area contributed by atoms with E-state index >= 15 is 0 Å². The van der Waals surface area contributed by atoms with Gasteiger partial charge in [0.25, 0.3) is 0 Å². The molecule has 0 spiro atoms. The number of thiazole rings is 1. The third kappa shape index (κ3) is 2.28. The van der Waals surface area contributed by atoms with Gasteiger partial charge in [0.05, 0.1) is 10.2 Å². The molecule has 0 atom stereocenters. The Hall–Kier alpha value is -1.13. The van der Waals surface area contributed by atoms with Gasteiger partial charge < -0.3 is 10.1 Å². The highest BCUT2D eigenvalue weighted by molar-refractivity contribution is 7.22. The summed E-state index contributed by atoms with van der Waals surface area (Å²) in [6.45, 7) is 3.84. The standard InChI is InChI=1S/C13H16N2OS/c1-9-3-2-4-11-12(9)15-13(17-11)14-10-5-7-16-8-6-10/h2-4,10H,5-8H2,1H3,(H,14,15).